The fourth-order valence-electron chi connectivity index (χ4n) is 3.86. The molecule has 23 heavy (non-hydrogen) atoms. The van der Waals surface area contributed by atoms with E-state index in [0.717, 1.165) is 42.9 Å². The summed E-state index contributed by atoms with van der Waals surface area (Å²) in [4.78, 5) is 0. The summed E-state index contributed by atoms with van der Waals surface area (Å²) in [5.74, 6) is 0. The number of hydrogen-bond donors (Lipinski definition) is 2. The average Bonchev–Trinajstić information content (AvgIpc) is 2.51. The summed E-state index contributed by atoms with van der Waals surface area (Å²) in [6, 6.07) is 4.81. The highest BCUT2D eigenvalue weighted by atomic mass is 29.3. The van der Waals surface area contributed by atoms with Gasteiger partial charge in [0.15, 0.2) is 7.83 Å². The van der Waals surface area contributed by atoms with Crippen LogP contribution in [0.15, 0.2) is 63.0 Å². The fraction of sp³-hybridized carbons (Fsp3) is 0.444. The van der Waals surface area contributed by atoms with Gasteiger partial charge in [-0.2, -0.15) is 0 Å². The van der Waals surface area contributed by atoms with E-state index in [1.165, 1.54) is 6.08 Å². The summed E-state index contributed by atoms with van der Waals surface area (Å²) in [7, 11) is -3.95. The molecule has 0 spiro atoms. The highest BCUT2D eigenvalue weighted by molar-refractivity contribution is 7.40. The second kappa shape index (κ2) is 9.22. The Bertz CT molecular complexity index is 439. The van der Waals surface area contributed by atoms with Crippen LogP contribution in [0.5, 0.6) is 0 Å². The van der Waals surface area contributed by atoms with Crippen LogP contribution in [0, 0.1) is 0 Å². The van der Waals surface area contributed by atoms with Crippen LogP contribution in [-0.4, -0.2) is 37.8 Å². The molecule has 1 saturated heterocycles. The van der Waals surface area contributed by atoms with Gasteiger partial charge in [0, 0.05) is 0 Å². The van der Waals surface area contributed by atoms with Crippen molar-refractivity contribution in [2.45, 2.75) is 48.8 Å². The Balaban J connectivity index is 3.28. The van der Waals surface area contributed by atoms with E-state index in [4.69, 9.17) is 9.53 Å². The first kappa shape index (κ1) is 19.9. The Morgan fingerprint density at radius 3 is 1.96 bits per heavy atom. The molecule has 1 heterocycles. The molecule has 0 radical (unpaired) electrons. The molecule has 0 aromatic heterocycles. The van der Waals surface area contributed by atoms with Crippen LogP contribution in [-0.2, 0) is 4.43 Å². The van der Waals surface area contributed by atoms with Crippen molar-refractivity contribution >= 4 is 15.4 Å². The molecule has 0 aliphatic carbocycles. The van der Waals surface area contributed by atoms with Crippen molar-refractivity contribution in [3.8, 4) is 0 Å². The molecule has 0 aromatic rings. The van der Waals surface area contributed by atoms with E-state index >= 15 is 0 Å². The first-order valence-corrected chi connectivity index (χ1v) is 14.1. The number of rotatable bonds is 10. The molecular weight excluding hydrogens is 320 g/mol. The lowest BCUT2D eigenvalue weighted by Gasteiger charge is -2.52. The first-order chi connectivity index (χ1) is 11.0. The van der Waals surface area contributed by atoms with E-state index in [-0.39, 0.29) is 6.10 Å². The zero-order chi connectivity index (χ0) is 17.3. The molecule has 0 bridgehead atoms. The van der Waals surface area contributed by atoms with Crippen LogP contribution in [0.3, 0.4) is 0 Å². The van der Waals surface area contributed by atoms with E-state index in [2.05, 4.69) is 26.3 Å². The third kappa shape index (κ3) is 4.23. The number of allylic oxidation sites excluding steroid dienone is 4. The van der Waals surface area contributed by atoms with Crippen LogP contribution in [0.1, 0.15) is 6.42 Å². The Morgan fingerprint density at radius 2 is 1.52 bits per heavy atom. The molecular formula is C18H30O3Si2. The zero-order valence-corrected chi connectivity index (χ0v) is 16.0. The molecule has 1 fully saturated rings. The third-order valence-electron chi connectivity index (χ3n) is 4.93. The van der Waals surface area contributed by atoms with Crippen LogP contribution < -0.4 is 0 Å². The van der Waals surface area contributed by atoms with Crippen molar-refractivity contribution < 1.29 is 14.6 Å². The maximum atomic E-state index is 10.2. The van der Waals surface area contributed by atoms with Gasteiger partial charge in [0.25, 0.3) is 0 Å². The Kier molecular flexibility index (Phi) is 7.98. The largest absolute Gasteiger partial charge is 0.516 e. The maximum absolute atomic E-state index is 10.2. The Hall–Kier alpha value is -1.15. The topological polar surface area (TPSA) is 49.7 Å². The fourth-order valence-corrected chi connectivity index (χ4v) is 20.4. The molecule has 2 N–H and O–H groups in total. The monoisotopic (exact) mass is 350 g/mol. The van der Waals surface area contributed by atoms with Crippen LogP contribution in [0.25, 0.3) is 0 Å². The summed E-state index contributed by atoms with van der Waals surface area (Å²) in [5, 5.41) is 19.2. The maximum Gasteiger partial charge on any atom is 0.188 e. The van der Waals surface area contributed by atoms with Gasteiger partial charge in [-0.3, -0.25) is 0 Å². The summed E-state index contributed by atoms with van der Waals surface area (Å²) in [6.07, 6.45) is 10.0. The first-order valence-electron chi connectivity index (χ1n) is 8.15. The molecule has 0 amide bonds. The highest BCUT2D eigenvalue weighted by Gasteiger charge is 2.57. The molecule has 0 saturated carbocycles. The third-order valence-corrected chi connectivity index (χ3v) is 22.3. The minimum absolute atomic E-state index is 0.264. The van der Waals surface area contributed by atoms with Gasteiger partial charge in [-0.15, -0.1) is 26.3 Å². The number of aliphatic hydroxyl groups is 2. The lowest BCUT2D eigenvalue weighted by Crippen LogP contribution is -2.68. The molecule has 0 aromatic carbocycles. The van der Waals surface area contributed by atoms with Gasteiger partial charge in [0.2, 0.25) is 0 Å². The van der Waals surface area contributed by atoms with Gasteiger partial charge < -0.3 is 14.6 Å². The van der Waals surface area contributed by atoms with Crippen LogP contribution in [0.4, 0.5) is 0 Å². The minimum atomic E-state index is -2.17. The minimum Gasteiger partial charge on any atom is -0.516 e. The van der Waals surface area contributed by atoms with Gasteiger partial charge in [-0.1, -0.05) is 30.3 Å². The smallest absolute Gasteiger partial charge is 0.188 e. The van der Waals surface area contributed by atoms with Crippen LogP contribution in [0.2, 0.25) is 30.2 Å². The van der Waals surface area contributed by atoms with Gasteiger partial charge in [-0.25, -0.2) is 0 Å². The van der Waals surface area contributed by atoms with E-state index in [9.17, 15) is 5.11 Å². The SMILES string of the molecule is C=CC[Si]1(CC=C)CCC(C(O)C=CO)O[Si]1(CC=C)CC=C. The second-order valence-corrected chi connectivity index (χ2v) is 19.1. The van der Waals surface area contributed by atoms with Crippen molar-refractivity contribution in [1.82, 2.24) is 0 Å². The zero-order valence-electron chi connectivity index (χ0n) is 14.0. The number of hydrogen-bond acceptors (Lipinski definition) is 3. The van der Waals surface area contributed by atoms with Gasteiger partial charge in [-0.05, 0) is 36.7 Å². The molecule has 5 heteroatoms. The predicted molar refractivity (Wildman–Crippen MR) is 104 cm³/mol. The van der Waals surface area contributed by atoms with Gasteiger partial charge in [0.1, 0.15) is 6.10 Å². The molecule has 1 rings (SSSR count). The standard InChI is InChI=1S/C18H30O3Si2/c1-5-12-22(13-6-2)16-10-18(17(20)9-11-19)21-23(22,14-7-3)15-8-4/h5-9,11,17-20H,1-4,10,12-16H2. The van der Waals surface area contributed by atoms with E-state index in [1.54, 1.807) is 0 Å². The number of aliphatic hydroxyl groups excluding tert-OH is 2. The van der Waals surface area contributed by atoms with Gasteiger partial charge in [0.05, 0.1) is 20.0 Å². The van der Waals surface area contributed by atoms with Crippen molar-refractivity contribution in [1.29, 1.82) is 0 Å². The van der Waals surface area contributed by atoms with Crippen molar-refractivity contribution in [3.63, 3.8) is 0 Å². The summed E-state index contributed by atoms with van der Waals surface area (Å²) < 4.78 is 6.64. The van der Waals surface area contributed by atoms with Crippen molar-refractivity contribution in [2.75, 3.05) is 0 Å². The van der Waals surface area contributed by atoms with E-state index < -0.39 is 21.5 Å². The van der Waals surface area contributed by atoms with Crippen LogP contribution >= 0.6 is 0 Å². The summed E-state index contributed by atoms with van der Waals surface area (Å²) >= 11 is 0. The van der Waals surface area contributed by atoms with Crippen molar-refractivity contribution in [3.05, 3.63) is 63.0 Å². The Labute approximate surface area is 142 Å². The average molecular weight is 351 g/mol. The molecule has 3 nitrogen and oxygen atoms in total. The quantitative estimate of drug-likeness (QED) is 0.348. The molecule has 2 unspecified atom stereocenters. The van der Waals surface area contributed by atoms with E-state index in [1.807, 2.05) is 24.3 Å². The van der Waals surface area contributed by atoms with E-state index in [0.29, 0.717) is 0 Å². The summed E-state index contributed by atoms with van der Waals surface area (Å²) in [5.41, 5.74) is 0. The predicted octanol–water partition coefficient (Wildman–Crippen LogP) is 4.42. The van der Waals surface area contributed by atoms with Crippen molar-refractivity contribution in [2.24, 2.45) is 0 Å². The summed E-state index contributed by atoms with van der Waals surface area (Å²) in [6.45, 7) is 15.8. The lowest BCUT2D eigenvalue weighted by molar-refractivity contribution is 0.0547. The highest BCUT2D eigenvalue weighted by Crippen LogP contribution is 2.45. The molecule has 1 aliphatic rings. The molecule has 128 valence electrons. The second-order valence-electron chi connectivity index (χ2n) is 6.27. The normalized spacial score (nSPS) is 24.0. The van der Waals surface area contributed by atoms with Gasteiger partial charge >= 0.3 is 0 Å². The Morgan fingerprint density at radius 1 is 1.00 bits per heavy atom. The molecule has 1 aliphatic heterocycles. The molecule has 2 atom stereocenters. The lowest BCUT2D eigenvalue weighted by atomic mass is 10.1.